The van der Waals surface area contributed by atoms with Crippen molar-refractivity contribution in [2.75, 3.05) is 26.3 Å². The number of halogens is 1. The van der Waals surface area contributed by atoms with Gasteiger partial charge in [0.1, 0.15) is 11.6 Å². The zero-order valence-corrected chi connectivity index (χ0v) is 16.2. The molecule has 3 rings (SSSR count). The van der Waals surface area contributed by atoms with Crippen LogP contribution in [0.4, 0.5) is 4.39 Å². The highest BCUT2D eigenvalue weighted by atomic mass is 19.1. The highest BCUT2D eigenvalue weighted by Crippen LogP contribution is 2.23. The first-order valence-corrected chi connectivity index (χ1v) is 9.29. The van der Waals surface area contributed by atoms with Gasteiger partial charge in [-0.15, -0.1) is 0 Å². The van der Waals surface area contributed by atoms with E-state index in [1.165, 1.54) is 6.07 Å². The summed E-state index contributed by atoms with van der Waals surface area (Å²) in [5.74, 6) is 0.708. The second kappa shape index (κ2) is 8.23. The normalized spacial score (nSPS) is 15.4. The van der Waals surface area contributed by atoms with Crippen molar-refractivity contribution < 1.29 is 18.3 Å². The Bertz CT molecular complexity index is 776. The molecule has 0 atom stereocenters. The summed E-state index contributed by atoms with van der Waals surface area (Å²) in [5, 5.41) is 0. The van der Waals surface area contributed by atoms with Crippen LogP contribution in [0.15, 0.2) is 40.8 Å². The number of amides is 1. The van der Waals surface area contributed by atoms with Crippen LogP contribution in [0.2, 0.25) is 0 Å². The van der Waals surface area contributed by atoms with Crippen LogP contribution < -0.4 is 0 Å². The van der Waals surface area contributed by atoms with Crippen LogP contribution in [0.25, 0.3) is 0 Å². The van der Waals surface area contributed by atoms with E-state index in [9.17, 15) is 9.18 Å². The third-order valence-electron chi connectivity index (χ3n) is 4.79. The number of carbonyl (C=O) groups excluding carboxylic acids is 1. The number of nitrogens with zero attached hydrogens (tertiary/aromatic N) is 2. The molecule has 1 aliphatic rings. The molecule has 146 valence electrons. The molecule has 1 aromatic heterocycles. The molecule has 0 bridgehead atoms. The summed E-state index contributed by atoms with van der Waals surface area (Å²) in [5.41, 5.74) is 0.451. The number of carbonyl (C=O) groups is 1. The van der Waals surface area contributed by atoms with Crippen LogP contribution in [0.1, 0.15) is 42.6 Å². The van der Waals surface area contributed by atoms with Gasteiger partial charge in [0.15, 0.2) is 5.76 Å². The first kappa shape index (κ1) is 19.6. The fourth-order valence-corrected chi connectivity index (χ4v) is 3.05. The molecule has 0 unspecified atom stereocenters. The molecule has 0 N–H and O–H groups in total. The second-order valence-corrected chi connectivity index (χ2v) is 7.79. The van der Waals surface area contributed by atoms with Crippen LogP contribution in [-0.4, -0.2) is 47.5 Å². The molecule has 27 heavy (non-hydrogen) atoms. The first-order valence-electron chi connectivity index (χ1n) is 9.29. The summed E-state index contributed by atoms with van der Waals surface area (Å²) >= 11 is 0. The zero-order chi connectivity index (χ0) is 19.4. The molecule has 2 heterocycles. The minimum Gasteiger partial charge on any atom is -0.455 e. The van der Waals surface area contributed by atoms with E-state index in [2.05, 4.69) is 25.7 Å². The molecular formula is C21H27FN2O3. The Morgan fingerprint density at radius 1 is 1.11 bits per heavy atom. The lowest BCUT2D eigenvalue weighted by molar-refractivity contribution is 0.0279. The van der Waals surface area contributed by atoms with Gasteiger partial charge in [-0.05, 0) is 39.0 Å². The number of rotatable bonds is 5. The Hall–Kier alpha value is -2.18. The average molecular weight is 374 g/mol. The molecule has 2 aromatic rings. The van der Waals surface area contributed by atoms with E-state index in [-0.39, 0.29) is 17.3 Å². The first-order chi connectivity index (χ1) is 12.8. The third kappa shape index (κ3) is 4.96. The minimum absolute atomic E-state index is 0.110. The van der Waals surface area contributed by atoms with Gasteiger partial charge in [0.2, 0.25) is 0 Å². The molecule has 0 spiro atoms. The lowest BCUT2D eigenvalue weighted by Crippen LogP contribution is -2.40. The largest absolute Gasteiger partial charge is 0.455 e. The van der Waals surface area contributed by atoms with Gasteiger partial charge in [0.25, 0.3) is 5.91 Å². The fourth-order valence-electron chi connectivity index (χ4n) is 3.05. The van der Waals surface area contributed by atoms with Crippen LogP contribution in [0.3, 0.4) is 0 Å². The number of morpholine rings is 1. The predicted octanol–water partition coefficient (Wildman–Crippen LogP) is 3.69. The van der Waals surface area contributed by atoms with Crippen molar-refractivity contribution in [3.63, 3.8) is 0 Å². The number of ether oxygens (including phenoxy) is 1. The van der Waals surface area contributed by atoms with Gasteiger partial charge in [0, 0.05) is 30.7 Å². The van der Waals surface area contributed by atoms with Crippen molar-refractivity contribution in [1.29, 1.82) is 0 Å². The summed E-state index contributed by atoms with van der Waals surface area (Å²) in [6, 6.07) is 10.3. The van der Waals surface area contributed by atoms with E-state index in [0.717, 1.165) is 0 Å². The van der Waals surface area contributed by atoms with Gasteiger partial charge >= 0.3 is 0 Å². The van der Waals surface area contributed by atoms with E-state index in [1.807, 2.05) is 12.1 Å². The van der Waals surface area contributed by atoms with Crippen LogP contribution in [0.5, 0.6) is 0 Å². The fraction of sp³-hybridized carbons (Fsp3) is 0.476. The summed E-state index contributed by atoms with van der Waals surface area (Å²) in [4.78, 5) is 16.4. The topological polar surface area (TPSA) is 45.9 Å². The van der Waals surface area contributed by atoms with Crippen molar-refractivity contribution in [2.24, 2.45) is 0 Å². The van der Waals surface area contributed by atoms with Gasteiger partial charge in [-0.2, -0.15) is 0 Å². The van der Waals surface area contributed by atoms with Gasteiger partial charge in [-0.1, -0.05) is 18.2 Å². The number of hydrogen-bond acceptors (Lipinski definition) is 4. The number of hydrogen-bond donors (Lipinski definition) is 0. The van der Waals surface area contributed by atoms with E-state index < -0.39 is 0 Å². The molecule has 1 aliphatic heterocycles. The van der Waals surface area contributed by atoms with Gasteiger partial charge in [0.05, 0.1) is 19.8 Å². The third-order valence-corrected chi connectivity index (χ3v) is 4.79. The van der Waals surface area contributed by atoms with Crippen LogP contribution in [0, 0.1) is 5.82 Å². The van der Waals surface area contributed by atoms with Crippen molar-refractivity contribution in [1.82, 2.24) is 9.80 Å². The van der Waals surface area contributed by atoms with Crippen molar-refractivity contribution in [3.05, 3.63) is 59.3 Å². The molecular weight excluding hydrogens is 347 g/mol. The molecule has 6 heteroatoms. The lowest BCUT2D eigenvalue weighted by Gasteiger charge is -2.35. The van der Waals surface area contributed by atoms with Gasteiger partial charge < -0.3 is 14.1 Å². The monoisotopic (exact) mass is 374 g/mol. The average Bonchev–Trinajstić information content (AvgIpc) is 3.11. The highest BCUT2D eigenvalue weighted by Gasteiger charge is 2.25. The summed E-state index contributed by atoms with van der Waals surface area (Å²) in [6.45, 7) is 9.47. The molecule has 0 saturated carbocycles. The van der Waals surface area contributed by atoms with E-state index in [0.29, 0.717) is 56.5 Å². The molecule has 0 aliphatic carbocycles. The van der Waals surface area contributed by atoms with E-state index in [4.69, 9.17) is 9.15 Å². The Morgan fingerprint density at radius 3 is 2.48 bits per heavy atom. The Morgan fingerprint density at radius 2 is 1.81 bits per heavy atom. The molecule has 1 amide bonds. The highest BCUT2D eigenvalue weighted by molar-refractivity contribution is 5.91. The SMILES string of the molecule is CC(C)(C)N(Cc1ccc(C(=O)N2CCOCC2)o1)Cc1ccccc1F. The van der Waals surface area contributed by atoms with E-state index in [1.54, 1.807) is 23.1 Å². The Kier molecular flexibility index (Phi) is 5.97. The number of benzene rings is 1. The van der Waals surface area contributed by atoms with Crippen LogP contribution >= 0.6 is 0 Å². The molecule has 1 fully saturated rings. The quantitative estimate of drug-likeness (QED) is 0.801. The molecule has 1 saturated heterocycles. The lowest BCUT2D eigenvalue weighted by atomic mass is 10.0. The van der Waals surface area contributed by atoms with Crippen molar-refractivity contribution >= 4 is 5.91 Å². The van der Waals surface area contributed by atoms with Crippen LogP contribution in [-0.2, 0) is 17.8 Å². The summed E-state index contributed by atoms with van der Waals surface area (Å²) in [6.07, 6.45) is 0. The van der Waals surface area contributed by atoms with E-state index >= 15 is 0 Å². The Balaban J connectivity index is 1.72. The smallest absolute Gasteiger partial charge is 0.289 e. The molecule has 5 nitrogen and oxygen atoms in total. The maximum absolute atomic E-state index is 14.1. The van der Waals surface area contributed by atoms with Gasteiger partial charge in [-0.3, -0.25) is 9.69 Å². The Labute approximate surface area is 159 Å². The molecule has 0 radical (unpaired) electrons. The van der Waals surface area contributed by atoms with Crippen molar-refractivity contribution in [2.45, 2.75) is 39.4 Å². The summed E-state index contributed by atoms with van der Waals surface area (Å²) in [7, 11) is 0. The van der Waals surface area contributed by atoms with Crippen molar-refractivity contribution in [3.8, 4) is 0 Å². The maximum atomic E-state index is 14.1. The molecule has 1 aromatic carbocycles. The number of furan rings is 1. The maximum Gasteiger partial charge on any atom is 0.289 e. The predicted molar refractivity (Wildman–Crippen MR) is 101 cm³/mol. The van der Waals surface area contributed by atoms with Gasteiger partial charge in [-0.25, -0.2) is 4.39 Å². The zero-order valence-electron chi connectivity index (χ0n) is 16.2. The minimum atomic E-state index is -0.214. The standard InChI is InChI=1S/C21H27FN2O3/c1-21(2,3)24(14-16-6-4-5-7-18(16)22)15-17-8-9-19(27-17)20(25)23-10-12-26-13-11-23/h4-9H,10-15H2,1-3H3. The second-order valence-electron chi connectivity index (χ2n) is 7.79. The summed E-state index contributed by atoms with van der Waals surface area (Å²) < 4.78 is 25.2.